The summed E-state index contributed by atoms with van der Waals surface area (Å²) in [5.74, 6) is 0.492. The van der Waals surface area contributed by atoms with Gasteiger partial charge in [-0.2, -0.15) is 0 Å². The molecular formula is C9H16O3. The van der Waals surface area contributed by atoms with Crippen LogP contribution in [0.4, 0.5) is 0 Å². The molecule has 0 radical (unpaired) electrons. The van der Waals surface area contributed by atoms with Crippen molar-refractivity contribution >= 4 is 5.78 Å². The van der Waals surface area contributed by atoms with Gasteiger partial charge in [-0.1, -0.05) is 6.42 Å². The van der Waals surface area contributed by atoms with Crippen molar-refractivity contribution in [3.63, 3.8) is 0 Å². The first-order valence-corrected chi connectivity index (χ1v) is 4.44. The minimum Gasteiger partial charge on any atom is -0.359 e. The second kappa shape index (κ2) is 5.27. The van der Waals surface area contributed by atoms with Gasteiger partial charge in [0.2, 0.25) is 0 Å². The molecule has 12 heavy (non-hydrogen) atoms. The summed E-state index contributed by atoms with van der Waals surface area (Å²) in [6, 6.07) is 0. The fraction of sp³-hybridized carbons (Fsp3) is 0.889. The monoisotopic (exact) mass is 172 g/mol. The third kappa shape index (κ3) is 2.91. The number of carbonyl (C=O) groups is 1. The summed E-state index contributed by atoms with van der Waals surface area (Å²) in [5, 5.41) is 0. The molecule has 0 spiro atoms. The minimum absolute atomic E-state index is 0.133. The second-order valence-electron chi connectivity index (χ2n) is 3.19. The highest BCUT2D eigenvalue weighted by Crippen LogP contribution is 2.20. The Morgan fingerprint density at radius 1 is 1.50 bits per heavy atom. The van der Waals surface area contributed by atoms with Crippen LogP contribution in [0, 0.1) is 5.92 Å². The Kier molecular flexibility index (Phi) is 4.25. The molecular weight excluding hydrogens is 156 g/mol. The van der Waals surface area contributed by atoms with Crippen molar-refractivity contribution in [3.05, 3.63) is 0 Å². The van der Waals surface area contributed by atoms with E-state index in [2.05, 4.69) is 0 Å². The number of ether oxygens (including phenoxy) is 2. The van der Waals surface area contributed by atoms with Gasteiger partial charge in [-0.05, 0) is 12.8 Å². The number of hydrogen-bond donors (Lipinski definition) is 0. The second-order valence-corrected chi connectivity index (χ2v) is 3.19. The Hall–Kier alpha value is -0.410. The van der Waals surface area contributed by atoms with Crippen molar-refractivity contribution in [2.75, 3.05) is 20.5 Å². The van der Waals surface area contributed by atoms with Gasteiger partial charge in [0.15, 0.2) is 0 Å². The molecule has 0 heterocycles. The van der Waals surface area contributed by atoms with Crippen LogP contribution in [0.5, 0.6) is 0 Å². The Balaban J connectivity index is 2.16. The molecule has 3 heteroatoms. The first-order valence-electron chi connectivity index (χ1n) is 4.44. The van der Waals surface area contributed by atoms with Gasteiger partial charge in [0.1, 0.15) is 12.6 Å². The topological polar surface area (TPSA) is 35.5 Å². The molecule has 0 N–H and O–H groups in total. The highest BCUT2D eigenvalue weighted by atomic mass is 16.7. The van der Waals surface area contributed by atoms with E-state index in [9.17, 15) is 4.79 Å². The molecule has 0 amide bonds. The van der Waals surface area contributed by atoms with Gasteiger partial charge < -0.3 is 9.47 Å². The maximum Gasteiger partial charge on any atom is 0.146 e. The molecule has 0 aromatic rings. The lowest BCUT2D eigenvalue weighted by molar-refractivity contribution is -0.129. The number of Topliss-reactive ketones (excluding diaryl/α,β-unsaturated/α-hetero) is 1. The first kappa shape index (κ1) is 9.68. The normalized spacial score (nSPS) is 24.4. The van der Waals surface area contributed by atoms with Crippen LogP contribution in [-0.4, -0.2) is 26.3 Å². The summed E-state index contributed by atoms with van der Waals surface area (Å²) in [5.41, 5.74) is 0. The Morgan fingerprint density at radius 3 is 3.00 bits per heavy atom. The van der Waals surface area contributed by atoms with E-state index in [4.69, 9.17) is 9.47 Å². The number of ketones is 1. The van der Waals surface area contributed by atoms with Crippen LogP contribution >= 0.6 is 0 Å². The zero-order valence-corrected chi connectivity index (χ0v) is 7.54. The lowest BCUT2D eigenvalue weighted by Gasteiger charge is -2.19. The van der Waals surface area contributed by atoms with E-state index < -0.39 is 0 Å². The van der Waals surface area contributed by atoms with Gasteiger partial charge in [0.05, 0.1) is 6.61 Å². The van der Waals surface area contributed by atoms with Gasteiger partial charge in [-0.25, -0.2) is 0 Å². The van der Waals surface area contributed by atoms with E-state index in [0.717, 1.165) is 25.7 Å². The van der Waals surface area contributed by atoms with E-state index in [1.807, 2.05) is 0 Å². The summed E-state index contributed by atoms with van der Waals surface area (Å²) < 4.78 is 9.88. The third-order valence-electron chi connectivity index (χ3n) is 2.20. The zero-order chi connectivity index (χ0) is 8.81. The fourth-order valence-corrected chi connectivity index (χ4v) is 1.51. The summed E-state index contributed by atoms with van der Waals surface area (Å²) >= 11 is 0. The lowest BCUT2D eigenvalue weighted by Crippen LogP contribution is -2.24. The van der Waals surface area contributed by atoms with Gasteiger partial charge in [0.25, 0.3) is 0 Å². The van der Waals surface area contributed by atoms with E-state index in [-0.39, 0.29) is 5.92 Å². The van der Waals surface area contributed by atoms with Crippen molar-refractivity contribution in [1.82, 2.24) is 0 Å². The number of methoxy groups -OCH3 is 1. The Labute approximate surface area is 73.0 Å². The van der Waals surface area contributed by atoms with Gasteiger partial charge >= 0.3 is 0 Å². The molecule has 1 atom stereocenters. The summed E-state index contributed by atoms with van der Waals surface area (Å²) in [7, 11) is 1.59. The SMILES string of the molecule is COCOC[C@@H]1CCCCC1=O. The van der Waals surface area contributed by atoms with Crippen molar-refractivity contribution < 1.29 is 14.3 Å². The quantitative estimate of drug-likeness (QED) is 0.474. The molecule has 1 aliphatic rings. The Morgan fingerprint density at radius 2 is 2.33 bits per heavy atom. The highest BCUT2D eigenvalue weighted by Gasteiger charge is 2.21. The van der Waals surface area contributed by atoms with Crippen LogP contribution in [0.1, 0.15) is 25.7 Å². The van der Waals surface area contributed by atoms with Crippen LogP contribution < -0.4 is 0 Å². The predicted molar refractivity (Wildman–Crippen MR) is 44.8 cm³/mol. The van der Waals surface area contributed by atoms with Gasteiger partial charge in [0, 0.05) is 19.4 Å². The molecule has 1 saturated carbocycles. The van der Waals surface area contributed by atoms with Crippen LogP contribution in [0.15, 0.2) is 0 Å². The molecule has 0 aliphatic heterocycles. The van der Waals surface area contributed by atoms with Crippen molar-refractivity contribution in [1.29, 1.82) is 0 Å². The predicted octanol–water partition coefficient (Wildman–Crippen LogP) is 1.37. The standard InChI is InChI=1S/C9H16O3/c1-11-7-12-6-8-4-2-3-5-9(8)10/h8H,2-7H2,1H3/t8-/m0/s1. The summed E-state index contributed by atoms with van der Waals surface area (Å²) in [6.07, 6.45) is 3.94. The van der Waals surface area contributed by atoms with Crippen molar-refractivity contribution in [2.24, 2.45) is 5.92 Å². The lowest BCUT2D eigenvalue weighted by atomic mass is 9.89. The minimum atomic E-state index is 0.133. The van der Waals surface area contributed by atoms with Crippen molar-refractivity contribution in [3.8, 4) is 0 Å². The molecule has 3 nitrogen and oxygen atoms in total. The maximum atomic E-state index is 11.3. The van der Waals surface area contributed by atoms with Crippen LogP contribution in [0.3, 0.4) is 0 Å². The van der Waals surface area contributed by atoms with Crippen molar-refractivity contribution in [2.45, 2.75) is 25.7 Å². The largest absolute Gasteiger partial charge is 0.359 e. The molecule has 1 fully saturated rings. The molecule has 1 rings (SSSR count). The highest BCUT2D eigenvalue weighted by molar-refractivity contribution is 5.81. The molecule has 0 bridgehead atoms. The summed E-state index contributed by atoms with van der Waals surface area (Å²) in [4.78, 5) is 11.3. The van der Waals surface area contributed by atoms with Crippen LogP contribution in [0.25, 0.3) is 0 Å². The molecule has 0 unspecified atom stereocenters. The van der Waals surface area contributed by atoms with E-state index in [1.165, 1.54) is 0 Å². The average molecular weight is 172 g/mol. The smallest absolute Gasteiger partial charge is 0.146 e. The molecule has 1 aliphatic carbocycles. The molecule has 0 aromatic heterocycles. The average Bonchev–Trinajstić information content (AvgIpc) is 2.09. The van der Waals surface area contributed by atoms with E-state index in [1.54, 1.807) is 7.11 Å². The fourth-order valence-electron chi connectivity index (χ4n) is 1.51. The molecule has 70 valence electrons. The van der Waals surface area contributed by atoms with E-state index in [0.29, 0.717) is 19.2 Å². The third-order valence-corrected chi connectivity index (χ3v) is 2.20. The van der Waals surface area contributed by atoms with Crippen LogP contribution in [0.2, 0.25) is 0 Å². The number of rotatable bonds is 4. The van der Waals surface area contributed by atoms with E-state index >= 15 is 0 Å². The van der Waals surface area contributed by atoms with Gasteiger partial charge in [-0.15, -0.1) is 0 Å². The number of carbonyl (C=O) groups excluding carboxylic acids is 1. The molecule has 0 saturated heterocycles. The summed E-state index contributed by atoms with van der Waals surface area (Å²) in [6.45, 7) is 0.830. The van der Waals surface area contributed by atoms with Gasteiger partial charge in [-0.3, -0.25) is 4.79 Å². The zero-order valence-electron chi connectivity index (χ0n) is 7.54. The number of hydrogen-bond acceptors (Lipinski definition) is 3. The van der Waals surface area contributed by atoms with Crippen LogP contribution in [-0.2, 0) is 14.3 Å². The maximum absolute atomic E-state index is 11.3. The molecule has 0 aromatic carbocycles. The Bertz CT molecular complexity index is 145. The first-order chi connectivity index (χ1) is 5.84.